The van der Waals surface area contributed by atoms with Gasteiger partial charge in [-0.2, -0.15) is 0 Å². The van der Waals surface area contributed by atoms with E-state index >= 15 is 0 Å². The Labute approximate surface area is 274 Å². The van der Waals surface area contributed by atoms with Crippen molar-refractivity contribution in [1.82, 2.24) is 14.3 Å². The van der Waals surface area contributed by atoms with E-state index in [0.29, 0.717) is 35.3 Å². The maximum absolute atomic E-state index is 14.6. The Morgan fingerprint density at radius 1 is 0.957 bits per heavy atom. The fourth-order valence-electron chi connectivity index (χ4n) is 10.8. The molecule has 1 aromatic heterocycles. The first-order valence-electron chi connectivity index (χ1n) is 17.9. The highest BCUT2D eigenvalue weighted by Crippen LogP contribution is 2.69. The fourth-order valence-corrected chi connectivity index (χ4v) is 10.8. The maximum atomic E-state index is 14.6. The molecule has 4 aliphatic rings. The Balaban J connectivity index is 1.48. The standard InChI is InChI=1S/C39H55N3O4/c1-25(2)26(3)15-16-27(4)32-17-18-33-38(32,7)23-20-34-37(6)22-19-31(46-28(5)43)24-29(37)12-11-21-39(33,34)42-36(45)41(35(44)40-42)30-13-9-8-10-14-30/h8-11,13-16,21,25-27,29,31-34H,12,17-20,22-24H2,1-7H3,(H,40,44)/b16-15+/t26-,27+,29?,31-,32?,33?,34?,37-,38+,39?/m0/s1. The van der Waals surface area contributed by atoms with Crippen LogP contribution in [0.3, 0.4) is 0 Å². The van der Waals surface area contributed by atoms with Crippen molar-refractivity contribution in [2.24, 2.45) is 52.3 Å². The molecule has 0 amide bonds. The van der Waals surface area contributed by atoms with Crippen molar-refractivity contribution in [3.63, 3.8) is 0 Å². The lowest BCUT2D eigenvalue weighted by atomic mass is 9.46. The van der Waals surface area contributed by atoms with E-state index in [2.05, 4.69) is 70.9 Å². The number of H-pyrrole nitrogens is 1. The molecular formula is C39H55N3O4. The summed E-state index contributed by atoms with van der Waals surface area (Å²) in [6.07, 6.45) is 17.1. The first kappa shape index (κ1) is 32.8. The Morgan fingerprint density at radius 3 is 2.35 bits per heavy atom. The average molecular weight is 630 g/mol. The Morgan fingerprint density at radius 2 is 1.65 bits per heavy atom. The number of benzene rings is 1. The van der Waals surface area contributed by atoms with Crippen LogP contribution >= 0.6 is 0 Å². The van der Waals surface area contributed by atoms with Crippen LogP contribution in [-0.4, -0.2) is 26.4 Å². The number of nitrogens with zero attached hydrogens (tertiary/aromatic N) is 2. The lowest BCUT2D eigenvalue weighted by Crippen LogP contribution is -2.62. The van der Waals surface area contributed by atoms with Gasteiger partial charge in [-0.15, -0.1) is 0 Å². The third kappa shape index (κ3) is 5.20. The van der Waals surface area contributed by atoms with Gasteiger partial charge in [-0.3, -0.25) is 4.79 Å². The number of esters is 1. The van der Waals surface area contributed by atoms with E-state index in [1.54, 1.807) is 4.68 Å². The summed E-state index contributed by atoms with van der Waals surface area (Å²) in [5, 5.41) is 3.15. The smallest absolute Gasteiger partial charge is 0.352 e. The monoisotopic (exact) mass is 629 g/mol. The van der Waals surface area contributed by atoms with Gasteiger partial charge < -0.3 is 4.74 Å². The largest absolute Gasteiger partial charge is 0.463 e. The molecule has 1 N–H and O–H groups in total. The van der Waals surface area contributed by atoms with Gasteiger partial charge in [-0.25, -0.2) is 23.9 Å². The van der Waals surface area contributed by atoms with Crippen molar-refractivity contribution in [3.05, 3.63) is 75.6 Å². The molecule has 2 aromatic rings. The number of para-hydroxylation sites is 1. The molecule has 46 heavy (non-hydrogen) atoms. The Bertz CT molecular complexity index is 1600. The predicted octanol–water partition coefficient (Wildman–Crippen LogP) is 7.65. The van der Waals surface area contributed by atoms with E-state index in [0.717, 1.165) is 51.4 Å². The van der Waals surface area contributed by atoms with Crippen molar-refractivity contribution in [2.75, 3.05) is 0 Å². The molecule has 1 aromatic carbocycles. The second kappa shape index (κ2) is 12.2. The summed E-state index contributed by atoms with van der Waals surface area (Å²) in [7, 11) is 0. The minimum absolute atomic E-state index is 0.00196. The summed E-state index contributed by atoms with van der Waals surface area (Å²) in [4.78, 5) is 40.3. The molecule has 4 aliphatic carbocycles. The number of carbonyl (C=O) groups is 1. The van der Waals surface area contributed by atoms with Crippen LogP contribution in [0.15, 0.2) is 64.2 Å². The molecule has 0 radical (unpaired) electrons. The zero-order valence-electron chi connectivity index (χ0n) is 29.0. The van der Waals surface area contributed by atoms with Crippen molar-refractivity contribution < 1.29 is 9.53 Å². The number of hydrogen-bond acceptors (Lipinski definition) is 4. The van der Waals surface area contributed by atoms with E-state index in [4.69, 9.17) is 4.74 Å². The molecule has 7 heteroatoms. The molecule has 0 spiro atoms. The topological polar surface area (TPSA) is 86.1 Å². The van der Waals surface area contributed by atoms with Gasteiger partial charge in [0.25, 0.3) is 0 Å². The third-order valence-electron chi connectivity index (χ3n) is 13.5. The lowest BCUT2D eigenvalue weighted by Gasteiger charge is -2.61. The number of hydrogen-bond donors (Lipinski definition) is 1. The van der Waals surface area contributed by atoms with Gasteiger partial charge in [-0.1, -0.05) is 84.0 Å². The molecular weight excluding hydrogens is 574 g/mol. The minimum Gasteiger partial charge on any atom is -0.463 e. The van der Waals surface area contributed by atoms with Crippen LogP contribution in [0.4, 0.5) is 0 Å². The SMILES string of the molecule is CC(=O)O[C@H]1CC[C@@]2(C)C(CC=CC3(n4[nH]c(=O)n(-c5ccccc5)c4=O)C2CC[C@]2(C)C([C@H](C)/C=C/[C@H](C)C(C)C)CCC32)C1. The van der Waals surface area contributed by atoms with E-state index < -0.39 is 5.54 Å². The van der Waals surface area contributed by atoms with Crippen LogP contribution in [0.25, 0.3) is 5.69 Å². The Hall–Kier alpha value is -3.09. The predicted molar refractivity (Wildman–Crippen MR) is 183 cm³/mol. The zero-order chi connectivity index (χ0) is 33.0. The van der Waals surface area contributed by atoms with Crippen LogP contribution in [0.1, 0.15) is 99.8 Å². The number of aromatic amines is 1. The van der Waals surface area contributed by atoms with Crippen molar-refractivity contribution in [1.29, 1.82) is 0 Å². The summed E-state index contributed by atoms with van der Waals surface area (Å²) in [6.45, 7) is 15.7. The number of aromatic nitrogens is 3. The molecule has 0 aliphatic heterocycles. The number of rotatable bonds is 7. The molecule has 0 saturated heterocycles. The second-order valence-corrected chi connectivity index (χ2v) is 16.1. The van der Waals surface area contributed by atoms with Gasteiger partial charge in [0.15, 0.2) is 0 Å². The molecule has 10 atom stereocenters. The van der Waals surface area contributed by atoms with Crippen molar-refractivity contribution in [3.8, 4) is 5.69 Å². The number of nitrogens with one attached hydrogen (secondary N) is 1. The van der Waals surface area contributed by atoms with E-state index in [9.17, 15) is 14.4 Å². The van der Waals surface area contributed by atoms with Gasteiger partial charge in [-0.05, 0) is 116 Å². The van der Waals surface area contributed by atoms with Crippen LogP contribution < -0.4 is 11.4 Å². The summed E-state index contributed by atoms with van der Waals surface area (Å²) < 4.78 is 8.86. The van der Waals surface area contributed by atoms with Crippen LogP contribution in [0.5, 0.6) is 0 Å². The molecule has 5 unspecified atom stereocenters. The molecule has 7 nitrogen and oxygen atoms in total. The molecule has 3 fully saturated rings. The normalized spacial score (nSPS) is 36.9. The zero-order valence-corrected chi connectivity index (χ0v) is 29.0. The van der Waals surface area contributed by atoms with Gasteiger partial charge in [0.05, 0.1) is 11.2 Å². The lowest BCUT2D eigenvalue weighted by molar-refractivity contribution is -0.156. The average Bonchev–Trinajstić information content (AvgIpc) is 3.48. The highest BCUT2D eigenvalue weighted by Gasteiger charge is 2.67. The summed E-state index contributed by atoms with van der Waals surface area (Å²) in [5.41, 5.74) is -0.823. The molecule has 1 heterocycles. The highest BCUT2D eigenvalue weighted by molar-refractivity contribution is 5.66. The summed E-state index contributed by atoms with van der Waals surface area (Å²) in [6, 6.07) is 9.29. The number of carbonyl (C=O) groups excluding carboxylic acids is 1. The van der Waals surface area contributed by atoms with Crippen LogP contribution in [0.2, 0.25) is 0 Å². The maximum Gasteiger partial charge on any atom is 0.352 e. The van der Waals surface area contributed by atoms with Crippen LogP contribution in [0, 0.1) is 52.3 Å². The first-order chi connectivity index (χ1) is 21.8. The first-order valence-corrected chi connectivity index (χ1v) is 17.9. The number of fused-ring (bicyclic) bond motifs is 5. The van der Waals surface area contributed by atoms with Crippen LogP contribution in [-0.2, 0) is 15.1 Å². The van der Waals surface area contributed by atoms with Crippen molar-refractivity contribution >= 4 is 5.97 Å². The molecule has 250 valence electrons. The minimum atomic E-state index is -0.662. The van der Waals surface area contributed by atoms with Gasteiger partial charge >= 0.3 is 17.3 Å². The van der Waals surface area contributed by atoms with Gasteiger partial charge in [0.1, 0.15) is 6.10 Å². The van der Waals surface area contributed by atoms with E-state index in [1.165, 1.54) is 11.5 Å². The quantitative estimate of drug-likeness (QED) is 0.252. The highest BCUT2D eigenvalue weighted by atomic mass is 16.5. The van der Waals surface area contributed by atoms with Gasteiger partial charge in [0.2, 0.25) is 0 Å². The van der Waals surface area contributed by atoms with Crippen molar-refractivity contribution in [2.45, 2.75) is 111 Å². The van der Waals surface area contributed by atoms with Gasteiger partial charge in [0, 0.05) is 6.92 Å². The third-order valence-corrected chi connectivity index (χ3v) is 13.5. The molecule has 3 saturated carbocycles. The molecule has 6 rings (SSSR count). The van der Waals surface area contributed by atoms with E-state index in [-0.39, 0.29) is 46.1 Å². The molecule has 0 bridgehead atoms. The number of ether oxygens (including phenoxy) is 1. The Kier molecular flexibility index (Phi) is 8.69. The van der Waals surface area contributed by atoms with E-state index in [1.807, 2.05) is 30.3 Å². The fraction of sp³-hybridized carbons (Fsp3) is 0.667. The number of allylic oxidation sites excluding steroid dienone is 4. The second-order valence-electron chi connectivity index (χ2n) is 16.1. The summed E-state index contributed by atoms with van der Waals surface area (Å²) >= 11 is 0. The summed E-state index contributed by atoms with van der Waals surface area (Å²) in [5.74, 6) is 2.51.